The molecule has 1 heterocycles. The number of nitrogens with zero attached hydrogens (tertiary/aromatic N) is 1. The molecule has 0 amide bonds. The Bertz CT molecular complexity index is 802. The standard InChI is InChI=1S/C17H14ClFN2/c18-14-10-11(7-8-20)16(13-4-1-2-6-15(13)19)17-12(14)5-3-9-21-17/h1-6,9-10H,7-8,20H2. The van der Waals surface area contributed by atoms with Gasteiger partial charge in [0, 0.05) is 22.7 Å². The zero-order valence-electron chi connectivity index (χ0n) is 11.3. The van der Waals surface area contributed by atoms with Crippen LogP contribution in [0.1, 0.15) is 5.56 Å². The van der Waals surface area contributed by atoms with Gasteiger partial charge in [0.1, 0.15) is 5.82 Å². The highest BCUT2D eigenvalue weighted by Gasteiger charge is 2.16. The van der Waals surface area contributed by atoms with Gasteiger partial charge >= 0.3 is 0 Å². The van der Waals surface area contributed by atoms with Crippen molar-refractivity contribution in [1.29, 1.82) is 0 Å². The molecule has 2 N–H and O–H groups in total. The fourth-order valence-corrected chi connectivity index (χ4v) is 2.85. The molecular weight excluding hydrogens is 287 g/mol. The lowest BCUT2D eigenvalue weighted by Crippen LogP contribution is -2.05. The van der Waals surface area contributed by atoms with Crippen LogP contribution in [0.15, 0.2) is 48.7 Å². The summed E-state index contributed by atoms with van der Waals surface area (Å²) >= 11 is 6.32. The maximum absolute atomic E-state index is 14.2. The molecule has 0 bridgehead atoms. The lowest BCUT2D eigenvalue weighted by Gasteiger charge is -2.14. The van der Waals surface area contributed by atoms with Gasteiger partial charge in [0.15, 0.2) is 0 Å². The topological polar surface area (TPSA) is 38.9 Å². The Balaban J connectivity index is 2.41. The summed E-state index contributed by atoms with van der Waals surface area (Å²) in [5.74, 6) is -0.273. The van der Waals surface area contributed by atoms with Gasteiger partial charge < -0.3 is 5.73 Å². The van der Waals surface area contributed by atoms with E-state index in [2.05, 4.69) is 4.98 Å². The second-order valence-electron chi connectivity index (χ2n) is 4.81. The van der Waals surface area contributed by atoms with Crippen molar-refractivity contribution in [2.75, 3.05) is 6.54 Å². The molecule has 3 rings (SSSR count). The third kappa shape index (κ3) is 2.50. The van der Waals surface area contributed by atoms with Crippen molar-refractivity contribution >= 4 is 22.5 Å². The van der Waals surface area contributed by atoms with Crippen LogP contribution < -0.4 is 5.73 Å². The minimum absolute atomic E-state index is 0.273. The number of pyridine rings is 1. The third-order valence-corrected chi connectivity index (χ3v) is 3.79. The lowest BCUT2D eigenvalue weighted by molar-refractivity contribution is 0.631. The van der Waals surface area contributed by atoms with Crippen LogP contribution in [0.3, 0.4) is 0 Å². The molecule has 2 nitrogen and oxygen atoms in total. The van der Waals surface area contributed by atoms with E-state index in [1.165, 1.54) is 6.07 Å². The average molecular weight is 301 g/mol. The molecule has 0 saturated heterocycles. The number of rotatable bonds is 3. The summed E-state index contributed by atoms with van der Waals surface area (Å²) in [6.07, 6.45) is 2.31. The van der Waals surface area contributed by atoms with Crippen LogP contribution in [0, 0.1) is 5.82 Å². The van der Waals surface area contributed by atoms with Gasteiger partial charge in [0.2, 0.25) is 0 Å². The molecule has 2 aromatic carbocycles. The Kier molecular flexibility index (Phi) is 3.86. The van der Waals surface area contributed by atoms with Crippen LogP contribution in [-0.2, 0) is 6.42 Å². The summed E-state index contributed by atoms with van der Waals surface area (Å²) in [5.41, 5.74) is 8.61. The van der Waals surface area contributed by atoms with Gasteiger partial charge in [-0.15, -0.1) is 0 Å². The fraction of sp³-hybridized carbons (Fsp3) is 0.118. The van der Waals surface area contributed by atoms with E-state index in [9.17, 15) is 4.39 Å². The zero-order valence-corrected chi connectivity index (χ0v) is 12.1. The molecule has 0 aliphatic carbocycles. The van der Waals surface area contributed by atoms with E-state index < -0.39 is 0 Å². The van der Waals surface area contributed by atoms with E-state index in [-0.39, 0.29) is 5.82 Å². The number of nitrogens with two attached hydrogens (primary N) is 1. The number of hydrogen-bond acceptors (Lipinski definition) is 2. The monoisotopic (exact) mass is 300 g/mol. The van der Waals surface area contributed by atoms with Crippen molar-refractivity contribution in [2.45, 2.75) is 6.42 Å². The largest absolute Gasteiger partial charge is 0.330 e. The molecule has 0 spiro atoms. The summed E-state index contributed by atoms with van der Waals surface area (Å²) in [4.78, 5) is 4.41. The normalized spacial score (nSPS) is 11.0. The van der Waals surface area contributed by atoms with Gasteiger partial charge in [-0.25, -0.2) is 4.39 Å². The second-order valence-corrected chi connectivity index (χ2v) is 5.22. The Labute approximate surface area is 127 Å². The predicted molar refractivity (Wildman–Crippen MR) is 84.9 cm³/mol. The van der Waals surface area contributed by atoms with E-state index in [1.54, 1.807) is 18.3 Å². The third-order valence-electron chi connectivity index (χ3n) is 3.48. The summed E-state index contributed by atoms with van der Waals surface area (Å²) in [5, 5.41) is 1.43. The van der Waals surface area contributed by atoms with Crippen molar-refractivity contribution < 1.29 is 4.39 Å². The van der Waals surface area contributed by atoms with Gasteiger partial charge in [0.05, 0.1) is 10.5 Å². The molecular formula is C17H14ClFN2. The Morgan fingerprint density at radius 1 is 1.14 bits per heavy atom. The van der Waals surface area contributed by atoms with Crippen molar-refractivity contribution in [3.8, 4) is 11.1 Å². The van der Waals surface area contributed by atoms with Crippen molar-refractivity contribution in [2.24, 2.45) is 5.73 Å². The SMILES string of the molecule is NCCc1cc(Cl)c2cccnc2c1-c1ccccc1F. The molecule has 1 aromatic heterocycles. The van der Waals surface area contributed by atoms with Crippen LogP contribution in [0.5, 0.6) is 0 Å². The Morgan fingerprint density at radius 3 is 2.71 bits per heavy atom. The highest BCUT2D eigenvalue weighted by molar-refractivity contribution is 6.36. The number of benzene rings is 2. The van der Waals surface area contributed by atoms with E-state index >= 15 is 0 Å². The van der Waals surface area contributed by atoms with Crippen LogP contribution in [0.25, 0.3) is 22.0 Å². The molecule has 0 radical (unpaired) electrons. The fourth-order valence-electron chi connectivity index (χ4n) is 2.57. The summed E-state index contributed by atoms with van der Waals surface area (Å²) in [6, 6.07) is 12.3. The van der Waals surface area contributed by atoms with E-state index in [4.69, 9.17) is 17.3 Å². The highest BCUT2D eigenvalue weighted by Crippen LogP contribution is 2.36. The summed E-state index contributed by atoms with van der Waals surface area (Å²) in [7, 11) is 0. The molecule has 0 fully saturated rings. The summed E-state index contributed by atoms with van der Waals surface area (Å²) in [6.45, 7) is 0.468. The Hall–Kier alpha value is -1.97. The zero-order chi connectivity index (χ0) is 14.8. The van der Waals surface area contributed by atoms with Gasteiger partial charge in [-0.1, -0.05) is 29.8 Å². The maximum Gasteiger partial charge on any atom is 0.131 e. The minimum Gasteiger partial charge on any atom is -0.330 e. The first-order valence-electron chi connectivity index (χ1n) is 6.73. The molecule has 0 aliphatic heterocycles. The maximum atomic E-state index is 14.2. The van der Waals surface area contributed by atoms with Gasteiger partial charge in [0.25, 0.3) is 0 Å². The van der Waals surface area contributed by atoms with Crippen LogP contribution >= 0.6 is 11.6 Å². The number of halogens is 2. The number of aromatic nitrogens is 1. The quantitative estimate of drug-likeness (QED) is 0.787. The van der Waals surface area contributed by atoms with E-state index in [1.807, 2.05) is 24.3 Å². The highest BCUT2D eigenvalue weighted by atomic mass is 35.5. The molecule has 0 atom stereocenters. The first-order chi connectivity index (χ1) is 10.2. The molecule has 3 aromatic rings. The molecule has 0 aliphatic rings. The van der Waals surface area contributed by atoms with Crippen LogP contribution in [-0.4, -0.2) is 11.5 Å². The molecule has 21 heavy (non-hydrogen) atoms. The number of hydrogen-bond donors (Lipinski definition) is 1. The molecule has 0 unspecified atom stereocenters. The number of fused-ring (bicyclic) bond motifs is 1. The van der Waals surface area contributed by atoms with Crippen molar-refractivity contribution in [3.05, 3.63) is 65.1 Å². The van der Waals surface area contributed by atoms with Crippen LogP contribution in [0.2, 0.25) is 5.02 Å². The smallest absolute Gasteiger partial charge is 0.131 e. The lowest BCUT2D eigenvalue weighted by atomic mass is 9.94. The average Bonchev–Trinajstić information content (AvgIpc) is 2.49. The van der Waals surface area contributed by atoms with Gasteiger partial charge in [-0.05, 0) is 42.8 Å². The summed E-state index contributed by atoms with van der Waals surface area (Å²) < 4.78 is 14.2. The van der Waals surface area contributed by atoms with Gasteiger partial charge in [-0.2, -0.15) is 0 Å². The van der Waals surface area contributed by atoms with Crippen LogP contribution in [0.4, 0.5) is 4.39 Å². The first-order valence-corrected chi connectivity index (χ1v) is 7.11. The minimum atomic E-state index is -0.273. The van der Waals surface area contributed by atoms with Crippen molar-refractivity contribution in [1.82, 2.24) is 4.98 Å². The van der Waals surface area contributed by atoms with Gasteiger partial charge in [-0.3, -0.25) is 4.98 Å². The first kappa shape index (κ1) is 14.0. The Morgan fingerprint density at radius 2 is 1.95 bits per heavy atom. The molecule has 4 heteroatoms. The van der Waals surface area contributed by atoms with Crippen molar-refractivity contribution in [3.63, 3.8) is 0 Å². The second kappa shape index (κ2) is 5.80. The van der Waals surface area contributed by atoms with E-state index in [0.29, 0.717) is 29.1 Å². The molecule has 106 valence electrons. The molecule has 0 saturated carbocycles. The van der Waals surface area contributed by atoms with E-state index in [0.717, 1.165) is 16.5 Å². The predicted octanol–water partition coefficient (Wildman–Crippen LogP) is 4.20.